The number of rotatable bonds is 11. The molecule has 30 heavy (non-hydrogen) atoms. The third-order valence-electron chi connectivity index (χ3n) is 4.49. The van der Waals surface area contributed by atoms with Crippen molar-refractivity contribution in [3.05, 3.63) is 75.2 Å². The van der Waals surface area contributed by atoms with Gasteiger partial charge in [-0.3, -0.25) is 0 Å². The predicted molar refractivity (Wildman–Crippen MR) is 122 cm³/mol. The predicted octanol–water partition coefficient (Wildman–Crippen LogP) is 6.00. The molecule has 0 amide bonds. The van der Waals surface area contributed by atoms with E-state index < -0.39 is 0 Å². The lowest BCUT2D eigenvalue weighted by molar-refractivity contribution is 0.269. The Morgan fingerprint density at radius 1 is 1.03 bits per heavy atom. The SMILES string of the molecule is CCOc1cc(CNCCCn2ccnc2)c(Cl)cc1OCc1c(Cl)cccc1Cl. The van der Waals surface area contributed by atoms with E-state index in [9.17, 15) is 0 Å². The van der Waals surface area contributed by atoms with Crippen LogP contribution in [0, 0.1) is 0 Å². The van der Waals surface area contributed by atoms with E-state index in [0.29, 0.717) is 39.7 Å². The molecule has 0 aliphatic rings. The number of benzene rings is 2. The minimum atomic E-state index is 0.223. The Balaban J connectivity index is 1.61. The van der Waals surface area contributed by atoms with Gasteiger partial charge in [0, 0.05) is 52.2 Å². The summed E-state index contributed by atoms with van der Waals surface area (Å²) in [4.78, 5) is 4.04. The van der Waals surface area contributed by atoms with Crippen LogP contribution in [0.4, 0.5) is 0 Å². The molecule has 160 valence electrons. The van der Waals surface area contributed by atoms with Crippen LogP contribution in [0.25, 0.3) is 0 Å². The van der Waals surface area contributed by atoms with Crippen LogP contribution in [0.2, 0.25) is 15.1 Å². The van der Waals surface area contributed by atoms with Crippen molar-refractivity contribution in [2.75, 3.05) is 13.2 Å². The summed E-state index contributed by atoms with van der Waals surface area (Å²) in [5.41, 5.74) is 1.67. The van der Waals surface area contributed by atoms with Gasteiger partial charge >= 0.3 is 0 Å². The highest BCUT2D eigenvalue weighted by molar-refractivity contribution is 6.36. The Bertz CT molecular complexity index is 929. The molecule has 1 N–H and O–H groups in total. The summed E-state index contributed by atoms with van der Waals surface area (Å²) in [6.07, 6.45) is 6.55. The summed E-state index contributed by atoms with van der Waals surface area (Å²) in [7, 11) is 0. The van der Waals surface area contributed by atoms with Gasteiger partial charge in [-0.1, -0.05) is 40.9 Å². The van der Waals surface area contributed by atoms with E-state index in [4.69, 9.17) is 44.3 Å². The Hall–Kier alpha value is -1.92. The molecule has 0 radical (unpaired) electrons. The number of nitrogens with one attached hydrogen (secondary N) is 1. The minimum absolute atomic E-state index is 0.223. The Morgan fingerprint density at radius 3 is 2.50 bits per heavy atom. The first-order valence-electron chi connectivity index (χ1n) is 9.75. The number of hydrogen-bond acceptors (Lipinski definition) is 4. The molecule has 3 rings (SSSR count). The summed E-state index contributed by atoms with van der Waals surface area (Å²) in [6.45, 7) is 5.09. The molecule has 0 saturated heterocycles. The molecular weight excluding hydrogens is 445 g/mol. The van der Waals surface area contributed by atoms with E-state index >= 15 is 0 Å². The zero-order valence-corrected chi connectivity index (χ0v) is 19.0. The molecule has 0 unspecified atom stereocenters. The van der Waals surface area contributed by atoms with E-state index in [0.717, 1.165) is 30.6 Å². The lowest BCUT2D eigenvalue weighted by Crippen LogP contribution is -2.16. The fourth-order valence-electron chi connectivity index (χ4n) is 2.94. The first-order valence-corrected chi connectivity index (χ1v) is 10.9. The summed E-state index contributed by atoms with van der Waals surface area (Å²) >= 11 is 19.0. The molecule has 8 heteroatoms. The quantitative estimate of drug-likeness (QED) is 0.351. The third-order valence-corrected chi connectivity index (χ3v) is 5.55. The number of aryl methyl sites for hydroxylation is 1. The standard InChI is InChI=1S/C22H24Cl3N3O2/c1-2-29-21-11-16(13-26-7-4-9-28-10-8-27-15-28)20(25)12-22(21)30-14-17-18(23)5-3-6-19(17)24/h3,5-6,8,10-12,15,26H,2,4,7,9,13-14H2,1H3. The molecular formula is C22H24Cl3N3O2. The molecule has 2 aromatic carbocycles. The average Bonchev–Trinajstić information content (AvgIpc) is 3.23. The van der Waals surface area contributed by atoms with E-state index in [1.54, 1.807) is 30.5 Å². The van der Waals surface area contributed by atoms with E-state index in [1.165, 1.54) is 0 Å². The first-order chi connectivity index (χ1) is 14.6. The number of hydrogen-bond donors (Lipinski definition) is 1. The van der Waals surface area contributed by atoms with Crippen molar-refractivity contribution in [1.82, 2.24) is 14.9 Å². The molecule has 0 aliphatic carbocycles. The van der Waals surface area contributed by atoms with E-state index in [2.05, 4.69) is 14.9 Å². The van der Waals surface area contributed by atoms with Crippen LogP contribution in [0.3, 0.4) is 0 Å². The molecule has 1 heterocycles. The number of imidazole rings is 1. The lowest BCUT2D eigenvalue weighted by atomic mass is 10.2. The maximum absolute atomic E-state index is 6.50. The van der Waals surface area contributed by atoms with Gasteiger partial charge in [0.1, 0.15) is 6.61 Å². The van der Waals surface area contributed by atoms with Crippen molar-refractivity contribution in [3.63, 3.8) is 0 Å². The molecule has 3 aromatic rings. The molecule has 0 aliphatic heterocycles. The Labute approximate surface area is 191 Å². The molecule has 0 atom stereocenters. The summed E-state index contributed by atoms with van der Waals surface area (Å²) < 4.78 is 13.8. The van der Waals surface area contributed by atoms with Gasteiger partial charge in [-0.15, -0.1) is 0 Å². The highest BCUT2D eigenvalue weighted by atomic mass is 35.5. The average molecular weight is 469 g/mol. The third kappa shape index (κ3) is 6.29. The molecule has 1 aromatic heterocycles. The molecule has 0 spiro atoms. The molecule has 0 saturated carbocycles. The summed E-state index contributed by atoms with van der Waals surface area (Å²) in [5.74, 6) is 1.20. The second kappa shape index (κ2) is 11.5. The van der Waals surface area contributed by atoms with E-state index in [-0.39, 0.29) is 6.61 Å². The largest absolute Gasteiger partial charge is 0.490 e. The van der Waals surface area contributed by atoms with Gasteiger partial charge in [0.05, 0.1) is 12.9 Å². The lowest BCUT2D eigenvalue weighted by Gasteiger charge is -2.16. The fraction of sp³-hybridized carbons (Fsp3) is 0.318. The Morgan fingerprint density at radius 2 is 1.80 bits per heavy atom. The number of nitrogens with zero attached hydrogens (tertiary/aromatic N) is 2. The highest BCUT2D eigenvalue weighted by Gasteiger charge is 2.13. The van der Waals surface area contributed by atoms with Crippen molar-refractivity contribution in [2.24, 2.45) is 0 Å². The smallest absolute Gasteiger partial charge is 0.163 e. The topological polar surface area (TPSA) is 48.3 Å². The van der Waals surface area contributed by atoms with Crippen molar-refractivity contribution >= 4 is 34.8 Å². The molecule has 5 nitrogen and oxygen atoms in total. The second-order valence-electron chi connectivity index (χ2n) is 6.64. The second-order valence-corrected chi connectivity index (χ2v) is 7.86. The normalized spacial score (nSPS) is 10.9. The fourth-order valence-corrected chi connectivity index (χ4v) is 3.67. The minimum Gasteiger partial charge on any atom is -0.490 e. The van der Waals surface area contributed by atoms with Gasteiger partial charge in [0.2, 0.25) is 0 Å². The first kappa shape index (κ1) is 22.8. The summed E-state index contributed by atoms with van der Waals surface area (Å²) in [6, 6.07) is 9.06. The number of aromatic nitrogens is 2. The molecule has 0 bridgehead atoms. The van der Waals surface area contributed by atoms with Crippen molar-refractivity contribution < 1.29 is 9.47 Å². The monoisotopic (exact) mass is 467 g/mol. The van der Waals surface area contributed by atoms with Crippen LogP contribution in [0.1, 0.15) is 24.5 Å². The number of halogens is 3. The van der Waals surface area contributed by atoms with Crippen LogP contribution < -0.4 is 14.8 Å². The van der Waals surface area contributed by atoms with Gasteiger partial charge in [-0.25, -0.2) is 4.98 Å². The highest BCUT2D eigenvalue weighted by Crippen LogP contribution is 2.35. The van der Waals surface area contributed by atoms with Crippen molar-refractivity contribution in [2.45, 2.75) is 33.0 Å². The maximum atomic E-state index is 6.50. The zero-order valence-electron chi connectivity index (χ0n) is 16.7. The van der Waals surface area contributed by atoms with Crippen LogP contribution in [-0.2, 0) is 19.7 Å². The van der Waals surface area contributed by atoms with Gasteiger partial charge < -0.3 is 19.4 Å². The molecule has 0 fully saturated rings. The van der Waals surface area contributed by atoms with Crippen LogP contribution in [0.5, 0.6) is 11.5 Å². The van der Waals surface area contributed by atoms with Gasteiger partial charge in [-0.05, 0) is 43.7 Å². The van der Waals surface area contributed by atoms with Gasteiger partial charge in [0.25, 0.3) is 0 Å². The van der Waals surface area contributed by atoms with Crippen molar-refractivity contribution in [3.8, 4) is 11.5 Å². The van der Waals surface area contributed by atoms with E-state index in [1.807, 2.05) is 25.5 Å². The maximum Gasteiger partial charge on any atom is 0.163 e. The Kier molecular flexibility index (Phi) is 8.70. The van der Waals surface area contributed by atoms with Crippen LogP contribution in [0.15, 0.2) is 49.1 Å². The van der Waals surface area contributed by atoms with Gasteiger partial charge in [0.15, 0.2) is 11.5 Å². The summed E-state index contributed by atoms with van der Waals surface area (Å²) in [5, 5.41) is 5.15. The van der Waals surface area contributed by atoms with Crippen molar-refractivity contribution in [1.29, 1.82) is 0 Å². The van der Waals surface area contributed by atoms with Crippen LogP contribution >= 0.6 is 34.8 Å². The zero-order chi connectivity index (χ0) is 21.3. The van der Waals surface area contributed by atoms with Crippen LogP contribution in [-0.4, -0.2) is 22.7 Å². The number of ether oxygens (including phenoxy) is 2. The van der Waals surface area contributed by atoms with Gasteiger partial charge in [-0.2, -0.15) is 0 Å².